The van der Waals surface area contributed by atoms with Crippen LogP contribution in [0.25, 0.3) is 0 Å². The molecule has 0 radical (unpaired) electrons. The zero-order chi connectivity index (χ0) is 12.1. The lowest BCUT2D eigenvalue weighted by atomic mass is 10.1. The highest BCUT2D eigenvalue weighted by molar-refractivity contribution is 7.80. The largest absolute Gasteiger partial charge is 0.375 e. The fourth-order valence-corrected chi connectivity index (χ4v) is 1.06. The van der Waals surface area contributed by atoms with Gasteiger partial charge in [-0.15, -0.1) is 0 Å². The van der Waals surface area contributed by atoms with E-state index < -0.39 is 17.5 Å². The van der Waals surface area contributed by atoms with Crippen LogP contribution in [0.15, 0.2) is 18.2 Å². The van der Waals surface area contributed by atoms with E-state index in [1.54, 1.807) is 0 Å². The number of thiocarbonyl (C=S) groups is 1. The SMILES string of the molecule is NC(=S)NNC(=O)Cc1ccc(F)c(F)c1. The smallest absolute Gasteiger partial charge is 0.242 e. The van der Waals surface area contributed by atoms with Crippen molar-refractivity contribution in [2.24, 2.45) is 5.73 Å². The summed E-state index contributed by atoms with van der Waals surface area (Å²) in [6.07, 6.45) is -0.104. The summed E-state index contributed by atoms with van der Waals surface area (Å²) in [6, 6.07) is 3.23. The van der Waals surface area contributed by atoms with Gasteiger partial charge < -0.3 is 5.73 Å². The molecule has 0 aromatic heterocycles. The van der Waals surface area contributed by atoms with Crippen LogP contribution in [-0.4, -0.2) is 11.0 Å². The first kappa shape index (κ1) is 12.3. The van der Waals surface area contributed by atoms with Gasteiger partial charge in [0.05, 0.1) is 6.42 Å². The van der Waals surface area contributed by atoms with Crippen LogP contribution in [0.2, 0.25) is 0 Å². The number of hydrazine groups is 1. The second-order valence-corrected chi connectivity index (χ2v) is 3.40. The second-order valence-electron chi connectivity index (χ2n) is 2.96. The highest BCUT2D eigenvalue weighted by atomic mass is 32.1. The molecular weight excluding hydrogens is 236 g/mol. The topological polar surface area (TPSA) is 67.2 Å². The number of carbonyl (C=O) groups excluding carboxylic acids is 1. The van der Waals surface area contributed by atoms with Gasteiger partial charge in [0.2, 0.25) is 5.91 Å². The van der Waals surface area contributed by atoms with Crippen molar-refractivity contribution in [3.8, 4) is 0 Å². The van der Waals surface area contributed by atoms with Crippen molar-refractivity contribution in [2.45, 2.75) is 6.42 Å². The molecule has 0 unspecified atom stereocenters. The van der Waals surface area contributed by atoms with Crippen LogP contribution in [0, 0.1) is 11.6 Å². The maximum atomic E-state index is 12.8. The molecule has 0 saturated carbocycles. The molecule has 1 aromatic carbocycles. The summed E-state index contributed by atoms with van der Waals surface area (Å²) >= 11 is 4.46. The van der Waals surface area contributed by atoms with E-state index in [2.05, 4.69) is 23.1 Å². The third-order valence-corrected chi connectivity index (χ3v) is 1.78. The quantitative estimate of drug-likeness (QED) is 0.520. The molecule has 0 spiro atoms. The molecular formula is C9H9F2N3OS. The first-order valence-corrected chi connectivity index (χ1v) is 4.68. The van der Waals surface area contributed by atoms with Crippen LogP contribution >= 0.6 is 12.2 Å². The molecule has 0 aliphatic rings. The van der Waals surface area contributed by atoms with Gasteiger partial charge in [-0.3, -0.25) is 15.6 Å². The molecule has 0 atom stereocenters. The Morgan fingerprint density at radius 2 is 2.00 bits per heavy atom. The Balaban J connectivity index is 2.56. The molecule has 4 N–H and O–H groups in total. The Morgan fingerprint density at radius 3 is 2.56 bits per heavy atom. The summed E-state index contributed by atoms with van der Waals surface area (Å²) in [5.41, 5.74) is 9.85. The van der Waals surface area contributed by atoms with Crippen molar-refractivity contribution in [1.29, 1.82) is 0 Å². The number of hydrogen-bond donors (Lipinski definition) is 3. The molecule has 0 aliphatic heterocycles. The van der Waals surface area contributed by atoms with Crippen LogP contribution in [-0.2, 0) is 11.2 Å². The van der Waals surface area contributed by atoms with E-state index >= 15 is 0 Å². The summed E-state index contributed by atoms with van der Waals surface area (Å²) in [7, 11) is 0. The lowest BCUT2D eigenvalue weighted by Crippen LogP contribution is -2.44. The van der Waals surface area contributed by atoms with Gasteiger partial charge in [-0.25, -0.2) is 8.78 Å². The Hall–Kier alpha value is -1.76. The maximum Gasteiger partial charge on any atom is 0.242 e. The number of benzene rings is 1. The predicted molar refractivity (Wildman–Crippen MR) is 58.1 cm³/mol. The number of hydrogen-bond acceptors (Lipinski definition) is 2. The van der Waals surface area contributed by atoms with E-state index in [0.29, 0.717) is 5.56 Å². The van der Waals surface area contributed by atoms with Gasteiger partial charge in [-0.2, -0.15) is 0 Å². The van der Waals surface area contributed by atoms with Crippen molar-refractivity contribution in [3.63, 3.8) is 0 Å². The molecule has 1 aromatic rings. The average Bonchev–Trinajstić information content (AvgIpc) is 2.21. The van der Waals surface area contributed by atoms with Crippen molar-refractivity contribution in [2.75, 3.05) is 0 Å². The molecule has 0 bridgehead atoms. The molecule has 1 amide bonds. The fraction of sp³-hybridized carbons (Fsp3) is 0.111. The lowest BCUT2D eigenvalue weighted by molar-refractivity contribution is -0.121. The van der Waals surface area contributed by atoms with Gasteiger partial charge in [-0.05, 0) is 29.9 Å². The minimum Gasteiger partial charge on any atom is -0.375 e. The Bertz CT molecular complexity index is 425. The Labute approximate surface area is 95.8 Å². The zero-order valence-corrected chi connectivity index (χ0v) is 8.91. The molecule has 4 nitrogen and oxygen atoms in total. The molecule has 0 fully saturated rings. The van der Waals surface area contributed by atoms with Gasteiger partial charge in [0, 0.05) is 0 Å². The first-order chi connectivity index (χ1) is 7.49. The van der Waals surface area contributed by atoms with Crippen LogP contribution in [0.4, 0.5) is 8.78 Å². The summed E-state index contributed by atoms with van der Waals surface area (Å²) in [5, 5.41) is -0.0846. The first-order valence-electron chi connectivity index (χ1n) is 4.27. The summed E-state index contributed by atoms with van der Waals surface area (Å²) in [4.78, 5) is 11.2. The third-order valence-electron chi connectivity index (χ3n) is 1.67. The summed E-state index contributed by atoms with van der Waals surface area (Å²) in [6.45, 7) is 0. The van der Waals surface area contributed by atoms with Crippen molar-refractivity contribution in [1.82, 2.24) is 10.9 Å². The van der Waals surface area contributed by atoms with Gasteiger partial charge in [-0.1, -0.05) is 6.07 Å². The normalized spacial score (nSPS) is 9.62. The van der Waals surface area contributed by atoms with Crippen molar-refractivity contribution >= 4 is 23.2 Å². The van der Waals surface area contributed by atoms with E-state index in [1.807, 2.05) is 0 Å². The van der Waals surface area contributed by atoms with E-state index in [-0.39, 0.29) is 11.5 Å². The molecule has 0 aliphatic carbocycles. The molecule has 0 saturated heterocycles. The van der Waals surface area contributed by atoms with E-state index in [0.717, 1.165) is 12.1 Å². The van der Waals surface area contributed by atoms with Gasteiger partial charge in [0.1, 0.15) is 0 Å². The van der Waals surface area contributed by atoms with E-state index in [4.69, 9.17) is 5.73 Å². The maximum absolute atomic E-state index is 12.8. The summed E-state index contributed by atoms with van der Waals surface area (Å²) in [5.74, 6) is -2.41. The van der Waals surface area contributed by atoms with Crippen molar-refractivity contribution < 1.29 is 13.6 Å². The van der Waals surface area contributed by atoms with Gasteiger partial charge in [0.15, 0.2) is 16.7 Å². The van der Waals surface area contributed by atoms with Crippen LogP contribution in [0.1, 0.15) is 5.56 Å². The highest BCUT2D eigenvalue weighted by Crippen LogP contribution is 2.08. The second kappa shape index (κ2) is 5.36. The lowest BCUT2D eigenvalue weighted by Gasteiger charge is -2.06. The molecule has 0 heterocycles. The number of carbonyl (C=O) groups is 1. The highest BCUT2D eigenvalue weighted by Gasteiger charge is 2.06. The molecule has 1 rings (SSSR count). The summed E-state index contributed by atoms with van der Waals surface area (Å²) < 4.78 is 25.3. The number of amides is 1. The zero-order valence-electron chi connectivity index (χ0n) is 8.09. The number of rotatable bonds is 2. The van der Waals surface area contributed by atoms with Gasteiger partial charge in [0.25, 0.3) is 0 Å². The average molecular weight is 245 g/mol. The number of nitrogens with one attached hydrogen (secondary N) is 2. The molecule has 16 heavy (non-hydrogen) atoms. The van der Waals surface area contributed by atoms with Crippen molar-refractivity contribution in [3.05, 3.63) is 35.4 Å². The fourth-order valence-electron chi connectivity index (χ4n) is 1.01. The molecule has 86 valence electrons. The van der Waals surface area contributed by atoms with Crippen LogP contribution < -0.4 is 16.6 Å². The Morgan fingerprint density at radius 1 is 1.31 bits per heavy atom. The van der Waals surface area contributed by atoms with Gasteiger partial charge >= 0.3 is 0 Å². The van der Waals surface area contributed by atoms with E-state index in [9.17, 15) is 13.6 Å². The monoisotopic (exact) mass is 245 g/mol. The minimum absolute atomic E-state index is 0.0846. The van der Waals surface area contributed by atoms with Crippen LogP contribution in [0.3, 0.4) is 0 Å². The Kier molecular flexibility index (Phi) is 4.12. The number of halogens is 2. The third kappa shape index (κ3) is 3.77. The van der Waals surface area contributed by atoms with Crippen LogP contribution in [0.5, 0.6) is 0 Å². The van der Waals surface area contributed by atoms with E-state index in [1.165, 1.54) is 6.07 Å². The predicted octanol–water partition coefficient (Wildman–Crippen LogP) is 0.372. The number of nitrogens with two attached hydrogens (primary N) is 1. The molecule has 7 heteroatoms. The minimum atomic E-state index is -0.993. The standard InChI is InChI=1S/C9H9F2N3OS/c10-6-2-1-5(3-7(6)11)4-8(15)13-14-9(12)16/h1-3H,4H2,(H,13,15)(H3,12,14,16).